The van der Waals surface area contributed by atoms with Crippen molar-refractivity contribution in [1.82, 2.24) is 9.88 Å². The Hall–Kier alpha value is -2.30. The monoisotopic (exact) mass is 314 g/mol. The molecule has 0 atom stereocenters. The predicted octanol–water partition coefficient (Wildman–Crippen LogP) is 2.73. The molecule has 0 bridgehead atoms. The number of H-pyrrole nitrogens is 1. The van der Waals surface area contributed by atoms with Crippen molar-refractivity contribution >= 4 is 22.8 Å². The minimum atomic E-state index is -0.744. The third kappa shape index (κ3) is 3.23. The van der Waals surface area contributed by atoms with Crippen LogP contribution in [-0.2, 0) is 16.0 Å². The lowest BCUT2D eigenvalue weighted by Gasteiger charge is -2.30. The molecule has 1 fully saturated rings. The molecule has 0 saturated carbocycles. The van der Waals surface area contributed by atoms with Crippen molar-refractivity contribution in [2.45, 2.75) is 32.6 Å². The van der Waals surface area contributed by atoms with Crippen molar-refractivity contribution < 1.29 is 14.7 Å². The first-order chi connectivity index (χ1) is 11.1. The zero-order chi connectivity index (χ0) is 16.4. The SMILES string of the molecule is Cc1cccc2c(CCC(=O)N3CCC(C(=O)O)CC3)c[nH]c12. The number of carbonyl (C=O) groups excluding carboxylic acids is 1. The summed E-state index contributed by atoms with van der Waals surface area (Å²) < 4.78 is 0. The van der Waals surface area contributed by atoms with Gasteiger partial charge in [0.1, 0.15) is 0 Å². The summed E-state index contributed by atoms with van der Waals surface area (Å²) in [5, 5.41) is 10.2. The van der Waals surface area contributed by atoms with E-state index in [1.165, 1.54) is 10.9 Å². The van der Waals surface area contributed by atoms with Crippen molar-refractivity contribution in [3.05, 3.63) is 35.5 Å². The fourth-order valence-corrected chi connectivity index (χ4v) is 3.35. The number of rotatable bonds is 4. The fraction of sp³-hybridized carbons (Fsp3) is 0.444. The number of aryl methyl sites for hydroxylation is 2. The van der Waals surface area contributed by atoms with E-state index in [0.29, 0.717) is 38.8 Å². The Kier molecular flexibility index (Phi) is 4.37. The normalized spacial score (nSPS) is 16.0. The number of carboxylic acids is 1. The fourth-order valence-electron chi connectivity index (χ4n) is 3.35. The van der Waals surface area contributed by atoms with Crippen LogP contribution in [0.3, 0.4) is 0 Å². The van der Waals surface area contributed by atoms with E-state index in [1.807, 2.05) is 12.3 Å². The van der Waals surface area contributed by atoms with E-state index in [1.54, 1.807) is 4.90 Å². The van der Waals surface area contributed by atoms with Gasteiger partial charge in [-0.05, 0) is 37.3 Å². The topological polar surface area (TPSA) is 73.4 Å². The van der Waals surface area contributed by atoms with E-state index in [0.717, 1.165) is 11.1 Å². The lowest BCUT2D eigenvalue weighted by molar-refractivity contribution is -0.145. The Morgan fingerprint density at radius 2 is 2.04 bits per heavy atom. The van der Waals surface area contributed by atoms with Gasteiger partial charge in [0.25, 0.3) is 0 Å². The summed E-state index contributed by atoms with van der Waals surface area (Å²) in [6, 6.07) is 6.19. The van der Waals surface area contributed by atoms with Crippen LogP contribution in [0.25, 0.3) is 10.9 Å². The molecule has 23 heavy (non-hydrogen) atoms. The summed E-state index contributed by atoms with van der Waals surface area (Å²) in [6.45, 7) is 3.19. The van der Waals surface area contributed by atoms with Gasteiger partial charge in [0, 0.05) is 36.6 Å². The summed E-state index contributed by atoms with van der Waals surface area (Å²) >= 11 is 0. The van der Waals surface area contributed by atoms with Gasteiger partial charge < -0.3 is 15.0 Å². The summed E-state index contributed by atoms with van der Waals surface area (Å²) in [6.07, 6.45) is 4.29. The molecule has 1 aromatic heterocycles. The van der Waals surface area contributed by atoms with Crippen LogP contribution in [0, 0.1) is 12.8 Å². The molecule has 2 aromatic rings. The maximum absolute atomic E-state index is 12.3. The molecule has 3 rings (SSSR count). The van der Waals surface area contributed by atoms with Crippen LogP contribution in [0.15, 0.2) is 24.4 Å². The molecule has 0 aliphatic carbocycles. The zero-order valence-corrected chi connectivity index (χ0v) is 13.3. The van der Waals surface area contributed by atoms with Crippen LogP contribution in [0.2, 0.25) is 0 Å². The molecular formula is C18H22N2O3. The molecule has 2 N–H and O–H groups in total. The number of fused-ring (bicyclic) bond motifs is 1. The molecule has 5 heteroatoms. The van der Waals surface area contributed by atoms with Gasteiger partial charge in [-0.2, -0.15) is 0 Å². The van der Waals surface area contributed by atoms with Crippen molar-refractivity contribution in [1.29, 1.82) is 0 Å². The summed E-state index contributed by atoms with van der Waals surface area (Å²) in [7, 11) is 0. The number of benzene rings is 1. The maximum atomic E-state index is 12.3. The van der Waals surface area contributed by atoms with E-state index < -0.39 is 5.97 Å². The molecule has 1 aliphatic heterocycles. The first kappa shape index (κ1) is 15.6. The highest BCUT2D eigenvalue weighted by Crippen LogP contribution is 2.23. The maximum Gasteiger partial charge on any atom is 0.306 e. The minimum absolute atomic E-state index is 0.121. The standard InChI is InChI=1S/C18H22N2O3/c1-12-3-2-4-15-14(11-19-17(12)15)5-6-16(21)20-9-7-13(8-10-20)18(22)23/h2-4,11,13,19H,5-10H2,1H3,(H,22,23). The van der Waals surface area contributed by atoms with Gasteiger partial charge in [0.15, 0.2) is 0 Å². The summed E-state index contributed by atoms with van der Waals surface area (Å²) in [4.78, 5) is 28.4. The lowest BCUT2D eigenvalue weighted by atomic mass is 9.96. The van der Waals surface area contributed by atoms with Crippen LogP contribution in [0.1, 0.15) is 30.4 Å². The van der Waals surface area contributed by atoms with E-state index in [4.69, 9.17) is 5.11 Å². The number of nitrogens with one attached hydrogen (secondary N) is 1. The zero-order valence-electron chi connectivity index (χ0n) is 13.3. The van der Waals surface area contributed by atoms with E-state index >= 15 is 0 Å². The molecule has 1 amide bonds. The van der Waals surface area contributed by atoms with E-state index in [2.05, 4.69) is 24.0 Å². The number of hydrogen-bond acceptors (Lipinski definition) is 2. The third-order valence-corrected chi connectivity index (χ3v) is 4.81. The van der Waals surface area contributed by atoms with Crippen LogP contribution in [0.4, 0.5) is 0 Å². The number of para-hydroxylation sites is 1. The second kappa shape index (κ2) is 6.44. The Balaban J connectivity index is 1.59. The molecule has 1 aromatic carbocycles. The first-order valence-corrected chi connectivity index (χ1v) is 8.12. The van der Waals surface area contributed by atoms with Crippen molar-refractivity contribution in [3.8, 4) is 0 Å². The second-order valence-electron chi connectivity index (χ2n) is 6.30. The van der Waals surface area contributed by atoms with Gasteiger partial charge in [-0.3, -0.25) is 9.59 Å². The van der Waals surface area contributed by atoms with Crippen molar-refractivity contribution in [2.24, 2.45) is 5.92 Å². The molecule has 122 valence electrons. The Labute approximate surface area is 135 Å². The Bertz CT molecular complexity index is 727. The van der Waals surface area contributed by atoms with Crippen molar-refractivity contribution in [2.75, 3.05) is 13.1 Å². The minimum Gasteiger partial charge on any atom is -0.481 e. The highest BCUT2D eigenvalue weighted by molar-refractivity contribution is 5.86. The molecule has 0 radical (unpaired) electrons. The Morgan fingerprint density at radius 3 is 2.74 bits per heavy atom. The summed E-state index contributed by atoms with van der Waals surface area (Å²) in [5.41, 5.74) is 3.51. The number of aromatic amines is 1. The highest BCUT2D eigenvalue weighted by atomic mass is 16.4. The number of aromatic nitrogens is 1. The van der Waals surface area contributed by atoms with Crippen LogP contribution in [-0.4, -0.2) is 40.0 Å². The van der Waals surface area contributed by atoms with Gasteiger partial charge in [-0.1, -0.05) is 18.2 Å². The van der Waals surface area contributed by atoms with Crippen LogP contribution >= 0.6 is 0 Å². The first-order valence-electron chi connectivity index (χ1n) is 8.12. The smallest absolute Gasteiger partial charge is 0.306 e. The number of hydrogen-bond donors (Lipinski definition) is 2. The number of piperidine rings is 1. The van der Waals surface area contributed by atoms with Gasteiger partial charge in [-0.15, -0.1) is 0 Å². The molecule has 1 saturated heterocycles. The summed E-state index contributed by atoms with van der Waals surface area (Å²) in [5.74, 6) is -0.919. The second-order valence-corrected chi connectivity index (χ2v) is 6.30. The van der Waals surface area contributed by atoms with Gasteiger partial charge in [0.05, 0.1) is 5.92 Å². The average Bonchev–Trinajstić information content (AvgIpc) is 2.97. The van der Waals surface area contributed by atoms with Crippen molar-refractivity contribution in [3.63, 3.8) is 0 Å². The molecule has 5 nitrogen and oxygen atoms in total. The predicted molar refractivity (Wildman–Crippen MR) is 88.3 cm³/mol. The largest absolute Gasteiger partial charge is 0.481 e. The van der Waals surface area contributed by atoms with Crippen LogP contribution in [0.5, 0.6) is 0 Å². The Morgan fingerprint density at radius 1 is 1.30 bits per heavy atom. The quantitative estimate of drug-likeness (QED) is 0.911. The number of carboxylic acid groups (broad SMARTS) is 1. The number of amides is 1. The van der Waals surface area contributed by atoms with Gasteiger partial charge >= 0.3 is 5.97 Å². The van der Waals surface area contributed by atoms with Gasteiger partial charge in [0.2, 0.25) is 5.91 Å². The molecule has 0 spiro atoms. The number of nitrogens with zero attached hydrogens (tertiary/aromatic N) is 1. The molecule has 1 aliphatic rings. The lowest BCUT2D eigenvalue weighted by Crippen LogP contribution is -2.40. The molecular weight excluding hydrogens is 292 g/mol. The highest BCUT2D eigenvalue weighted by Gasteiger charge is 2.26. The van der Waals surface area contributed by atoms with E-state index in [-0.39, 0.29) is 11.8 Å². The number of likely N-dealkylation sites (tertiary alicyclic amines) is 1. The number of aliphatic carboxylic acids is 1. The van der Waals surface area contributed by atoms with Gasteiger partial charge in [-0.25, -0.2) is 0 Å². The third-order valence-electron chi connectivity index (χ3n) is 4.81. The van der Waals surface area contributed by atoms with E-state index in [9.17, 15) is 9.59 Å². The number of carbonyl (C=O) groups is 2. The average molecular weight is 314 g/mol. The van der Waals surface area contributed by atoms with Crippen LogP contribution < -0.4 is 0 Å². The molecule has 0 unspecified atom stereocenters. The molecule has 2 heterocycles.